The molecule has 1 heterocycles. The highest BCUT2D eigenvalue weighted by Crippen LogP contribution is 2.29. The number of likely N-dealkylation sites (tertiary alicyclic amines) is 1. The first kappa shape index (κ1) is 14.1. The molecule has 1 saturated heterocycles. The average molecular weight is 363 g/mol. The van der Waals surface area contributed by atoms with Crippen LogP contribution in [0.5, 0.6) is 5.75 Å². The molecule has 0 aromatic heterocycles. The maximum atomic E-state index is 13.3. The Labute approximate surface area is 122 Å². The van der Waals surface area contributed by atoms with Gasteiger partial charge in [-0.25, -0.2) is 4.39 Å². The van der Waals surface area contributed by atoms with Crippen LogP contribution in [0.2, 0.25) is 0 Å². The van der Waals surface area contributed by atoms with E-state index in [-0.39, 0.29) is 5.82 Å². The Morgan fingerprint density at radius 1 is 1.44 bits per heavy atom. The summed E-state index contributed by atoms with van der Waals surface area (Å²) in [6.07, 6.45) is 2.51. The molecule has 0 saturated carbocycles. The lowest BCUT2D eigenvalue weighted by Gasteiger charge is -2.36. The second kappa shape index (κ2) is 6.19. The lowest BCUT2D eigenvalue weighted by Crippen LogP contribution is -2.43. The fourth-order valence-electron chi connectivity index (χ4n) is 2.33. The van der Waals surface area contributed by atoms with E-state index in [2.05, 4.69) is 34.4 Å². The van der Waals surface area contributed by atoms with Gasteiger partial charge in [0.25, 0.3) is 0 Å². The quantitative estimate of drug-likeness (QED) is 0.600. The summed E-state index contributed by atoms with van der Waals surface area (Å²) in [6, 6.07) is 6.57. The van der Waals surface area contributed by atoms with Crippen LogP contribution in [-0.2, 0) is 0 Å². The van der Waals surface area contributed by atoms with Gasteiger partial charge >= 0.3 is 0 Å². The van der Waals surface area contributed by atoms with E-state index >= 15 is 0 Å². The van der Waals surface area contributed by atoms with Crippen LogP contribution in [0.25, 0.3) is 0 Å². The highest BCUT2D eigenvalue weighted by molar-refractivity contribution is 14.1. The lowest BCUT2D eigenvalue weighted by molar-refractivity contribution is 0.167. The van der Waals surface area contributed by atoms with Crippen molar-refractivity contribution in [1.29, 1.82) is 0 Å². The van der Waals surface area contributed by atoms with Crippen molar-refractivity contribution in [3.8, 4) is 5.75 Å². The van der Waals surface area contributed by atoms with Gasteiger partial charge in [0, 0.05) is 16.5 Å². The van der Waals surface area contributed by atoms with Crippen LogP contribution in [-0.4, -0.2) is 34.6 Å². The maximum Gasteiger partial charge on any atom is 0.165 e. The number of ether oxygens (including phenoxy) is 1. The molecule has 2 nitrogen and oxygen atoms in total. The Hall–Kier alpha value is -0.360. The van der Waals surface area contributed by atoms with Crippen LogP contribution >= 0.6 is 22.6 Å². The fraction of sp³-hybridized carbons (Fsp3) is 0.571. The van der Waals surface area contributed by atoms with Crippen molar-refractivity contribution in [2.45, 2.75) is 23.2 Å². The van der Waals surface area contributed by atoms with Crippen LogP contribution in [0.3, 0.4) is 0 Å². The van der Waals surface area contributed by atoms with Gasteiger partial charge in [-0.1, -0.05) is 34.7 Å². The molecule has 1 unspecified atom stereocenters. The van der Waals surface area contributed by atoms with E-state index in [4.69, 9.17) is 4.74 Å². The van der Waals surface area contributed by atoms with Crippen LogP contribution in [0, 0.1) is 5.82 Å². The van der Waals surface area contributed by atoms with Gasteiger partial charge in [-0.05, 0) is 38.4 Å². The standard InChI is InChI=1S/C14H19FINO/c1-14(16)7-4-8-17(11-14)9-10-18-13-6-3-2-5-12(13)15/h2-3,5-6H,4,7-11H2,1H3. The van der Waals surface area contributed by atoms with Gasteiger partial charge in [0.1, 0.15) is 6.61 Å². The maximum absolute atomic E-state index is 13.3. The van der Waals surface area contributed by atoms with E-state index in [1.54, 1.807) is 18.2 Å². The Kier molecular flexibility index (Phi) is 4.84. The number of halogens is 2. The van der Waals surface area contributed by atoms with Crippen LogP contribution < -0.4 is 4.74 Å². The molecule has 1 aromatic carbocycles. The third-order valence-electron chi connectivity index (χ3n) is 3.23. The molecule has 0 radical (unpaired) electrons. The Bertz CT molecular complexity index is 397. The Balaban J connectivity index is 1.77. The first-order valence-electron chi connectivity index (χ1n) is 6.35. The van der Waals surface area contributed by atoms with E-state index in [9.17, 15) is 4.39 Å². The van der Waals surface area contributed by atoms with Crippen molar-refractivity contribution in [2.24, 2.45) is 0 Å². The summed E-state index contributed by atoms with van der Waals surface area (Å²) in [5.74, 6) is 0.0709. The molecule has 0 aliphatic carbocycles. The van der Waals surface area contributed by atoms with E-state index in [1.165, 1.54) is 18.9 Å². The van der Waals surface area contributed by atoms with E-state index in [0.717, 1.165) is 19.6 Å². The second-order valence-electron chi connectivity index (χ2n) is 5.07. The predicted octanol–water partition coefficient (Wildman–Crippen LogP) is 3.49. The van der Waals surface area contributed by atoms with Crippen molar-refractivity contribution >= 4 is 22.6 Å². The molecule has 100 valence electrons. The third-order valence-corrected chi connectivity index (χ3v) is 4.11. The first-order valence-corrected chi connectivity index (χ1v) is 7.43. The number of piperidine rings is 1. The van der Waals surface area contributed by atoms with Crippen molar-refractivity contribution in [1.82, 2.24) is 4.90 Å². The molecule has 1 aromatic rings. The highest BCUT2D eigenvalue weighted by Gasteiger charge is 2.27. The first-order chi connectivity index (χ1) is 8.57. The SMILES string of the molecule is CC1(I)CCCN(CCOc2ccccc2F)C1. The van der Waals surface area contributed by atoms with Crippen LogP contribution in [0.1, 0.15) is 19.8 Å². The minimum absolute atomic E-state index is 0.283. The van der Waals surface area contributed by atoms with Crippen molar-refractivity contribution < 1.29 is 9.13 Å². The fourth-order valence-corrected chi connectivity index (χ4v) is 3.20. The topological polar surface area (TPSA) is 12.5 Å². The minimum Gasteiger partial charge on any atom is -0.489 e. The molecule has 1 fully saturated rings. The molecular formula is C14H19FINO. The smallest absolute Gasteiger partial charge is 0.165 e. The van der Waals surface area contributed by atoms with Gasteiger partial charge in [0.2, 0.25) is 0 Å². The molecule has 2 rings (SSSR count). The number of nitrogens with zero attached hydrogens (tertiary/aromatic N) is 1. The van der Waals surface area contributed by atoms with Gasteiger partial charge in [-0.3, -0.25) is 4.90 Å². The summed E-state index contributed by atoms with van der Waals surface area (Å²) < 4.78 is 19.2. The molecule has 0 spiro atoms. The van der Waals surface area contributed by atoms with Gasteiger partial charge in [0.15, 0.2) is 11.6 Å². The van der Waals surface area contributed by atoms with Crippen LogP contribution in [0.15, 0.2) is 24.3 Å². The number of para-hydroxylation sites is 1. The third kappa shape index (κ3) is 4.09. The zero-order valence-corrected chi connectivity index (χ0v) is 12.8. The van der Waals surface area contributed by atoms with Crippen molar-refractivity contribution in [2.75, 3.05) is 26.2 Å². The summed E-state index contributed by atoms with van der Waals surface area (Å²) >= 11 is 2.53. The molecule has 1 atom stereocenters. The van der Waals surface area contributed by atoms with Crippen molar-refractivity contribution in [3.05, 3.63) is 30.1 Å². The number of hydrogen-bond acceptors (Lipinski definition) is 2. The summed E-state index contributed by atoms with van der Waals surface area (Å²) in [5, 5.41) is 0. The predicted molar refractivity (Wildman–Crippen MR) is 80.0 cm³/mol. The second-order valence-corrected chi connectivity index (χ2v) is 7.68. The van der Waals surface area contributed by atoms with E-state index in [0.29, 0.717) is 15.8 Å². The normalized spacial score (nSPS) is 25.1. The van der Waals surface area contributed by atoms with Gasteiger partial charge in [-0.15, -0.1) is 0 Å². The highest BCUT2D eigenvalue weighted by atomic mass is 127. The Morgan fingerprint density at radius 3 is 2.94 bits per heavy atom. The molecule has 1 aliphatic heterocycles. The summed E-state index contributed by atoms with van der Waals surface area (Å²) in [6.45, 7) is 5.92. The molecular weight excluding hydrogens is 344 g/mol. The summed E-state index contributed by atoms with van der Waals surface area (Å²) in [4.78, 5) is 2.40. The molecule has 0 N–H and O–H groups in total. The largest absolute Gasteiger partial charge is 0.489 e. The van der Waals surface area contributed by atoms with Crippen LogP contribution in [0.4, 0.5) is 4.39 Å². The Morgan fingerprint density at radius 2 is 2.22 bits per heavy atom. The molecule has 0 amide bonds. The minimum atomic E-state index is -0.283. The zero-order valence-electron chi connectivity index (χ0n) is 10.7. The molecule has 0 bridgehead atoms. The number of benzene rings is 1. The van der Waals surface area contributed by atoms with Gasteiger partial charge in [0.05, 0.1) is 0 Å². The lowest BCUT2D eigenvalue weighted by atomic mass is 10.0. The molecule has 1 aliphatic rings. The molecule has 18 heavy (non-hydrogen) atoms. The van der Waals surface area contributed by atoms with E-state index < -0.39 is 0 Å². The number of hydrogen-bond donors (Lipinski definition) is 0. The van der Waals surface area contributed by atoms with Crippen molar-refractivity contribution in [3.63, 3.8) is 0 Å². The van der Waals surface area contributed by atoms with Gasteiger partial charge < -0.3 is 4.74 Å². The zero-order chi connectivity index (χ0) is 13.0. The number of alkyl halides is 1. The van der Waals surface area contributed by atoms with Gasteiger partial charge in [-0.2, -0.15) is 0 Å². The number of rotatable bonds is 4. The average Bonchev–Trinajstić information content (AvgIpc) is 2.30. The summed E-state index contributed by atoms with van der Waals surface area (Å²) in [5.41, 5.74) is 0. The summed E-state index contributed by atoms with van der Waals surface area (Å²) in [7, 11) is 0. The monoisotopic (exact) mass is 363 g/mol. The van der Waals surface area contributed by atoms with E-state index in [1.807, 2.05) is 0 Å². The molecule has 4 heteroatoms.